The number of carbonyl (C=O) groups excluding carboxylic acids is 2. The lowest BCUT2D eigenvalue weighted by atomic mass is 10.1. The molecule has 2 aromatic rings. The van der Waals surface area contributed by atoms with E-state index in [-0.39, 0.29) is 5.56 Å². The van der Waals surface area contributed by atoms with Crippen molar-refractivity contribution >= 4 is 11.8 Å². The minimum atomic E-state index is -0.838. The second-order valence-corrected chi connectivity index (χ2v) is 4.48. The van der Waals surface area contributed by atoms with Crippen molar-refractivity contribution in [2.75, 3.05) is 7.11 Å². The molecule has 114 valence electrons. The summed E-state index contributed by atoms with van der Waals surface area (Å²) in [5.74, 6) is -1.50. The normalized spacial score (nSPS) is 11.5. The monoisotopic (exact) mass is 302 g/mol. The molecule has 2 N–H and O–H groups in total. The SMILES string of the molecule is COC(C(=O)NNC(=O)c1ccc(F)cc1)c1ccccc1. The van der Waals surface area contributed by atoms with Gasteiger partial charge in [-0.15, -0.1) is 0 Å². The quantitative estimate of drug-likeness (QED) is 0.849. The van der Waals surface area contributed by atoms with E-state index in [1.54, 1.807) is 24.3 Å². The molecule has 0 fully saturated rings. The number of ether oxygens (including phenoxy) is 1. The Morgan fingerprint density at radius 1 is 1.00 bits per heavy atom. The molecule has 1 unspecified atom stereocenters. The Morgan fingerprint density at radius 3 is 2.23 bits per heavy atom. The van der Waals surface area contributed by atoms with E-state index in [0.29, 0.717) is 5.56 Å². The molecule has 0 aliphatic rings. The van der Waals surface area contributed by atoms with E-state index in [2.05, 4.69) is 10.9 Å². The van der Waals surface area contributed by atoms with Crippen LogP contribution < -0.4 is 10.9 Å². The molecule has 0 heterocycles. The Balaban J connectivity index is 1.96. The minimum absolute atomic E-state index is 0.232. The van der Waals surface area contributed by atoms with Crippen molar-refractivity contribution in [3.05, 3.63) is 71.5 Å². The van der Waals surface area contributed by atoms with Crippen LogP contribution in [0.5, 0.6) is 0 Å². The fourth-order valence-corrected chi connectivity index (χ4v) is 1.88. The lowest BCUT2D eigenvalue weighted by Gasteiger charge is -2.16. The summed E-state index contributed by atoms with van der Waals surface area (Å²) in [5, 5.41) is 0. The lowest BCUT2D eigenvalue weighted by Crippen LogP contribution is -2.44. The van der Waals surface area contributed by atoms with Gasteiger partial charge in [0.15, 0.2) is 6.10 Å². The van der Waals surface area contributed by atoms with Crippen LogP contribution in [-0.4, -0.2) is 18.9 Å². The molecule has 0 aliphatic heterocycles. The average molecular weight is 302 g/mol. The number of hydrazine groups is 1. The van der Waals surface area contributed by atoms with Gasteiger partial charge in [0.1, 0.15) is 5.82 Å². The summed E-state index contributed by atoms with van der Waals surface area (Å²) < 4.78 is 17.9. The molecule has 0 aromatic heterocycles. The van der Waals surface area contributed by atoms with E-state index in [1.807, 2.05) is 6.07 Å². The highest BCUT2D eigenvalue weighted by Gasteiger charge is 2.20. The van der Waals surface area contributed by atoms with Crippen LogP contribution in [0.15, 0.2) is 54.6 Å². The van der Waals surface area contributed by atoms with Gasteiger partial charge in [0.05, 0.1) is 0 Å². The Labute approximate surface area is 127 Å². The highest BCUT2D eigenvalue weighted by molar-refractivity contribution is 5.95. The van der Waals surface area contributed by atoms with Crippen LogP contribution in [0.25, 0.3) is 0 Å². The van der Waals surface area contributed by atoms with Crippen molar-refractivity contribution in [2.24, 2.45) is 0 Å². The summed E-state index contributed by atoms with van der Waals surface area (Å²) in [5.41, 5.74) is 5.45. The Bertz CT molecular complexity index is 644. The second kappa shape index (κ2) is 7.33. The van der Waals surface area contributed by atoms with E-state index in [4.69, 9.17) is 4.74 Å². The van der Waals surface area contributed by atoms with E-state index in [0.717, 1.165) is 0 Å². The number of benzene rings is 2. The van der Waals surface area contributed by atoms with E-state index < -0.39 is 23.7 Å². The largest absolute Gasteiger partial charge is 0.367 e. The summed E-state index contributed by atoms with van der Waals surface area (Å²) in [6.07, 6.45) is -0.838. The summed E-state index contributed by atoms with van der Waals surface area (Å²) in [7, 11) is 1.40. The van der Waals surface area contributed by atoms with Crippen LogP contribution in [0, 0.1) is 5.82 Å². The molecule has 0 aliphatic carbocycles. The maximum Gasteiger partial charge on any atom is 0.272 e. The lowest BCUT2D eigenvalue weighted by molar-refractivity contribution is -0.132. The summed E-state index contributed by atoms with van der Waals surface area (Å²) in [6, 6.07) is 13.9. The highest BCUT2D eigenvalue weighted by Crippen LogP contribution is 2.15. The Morgan fingerprint density at radius 2 is 1.64 bits per heavy atom. The van der Waals surface area contributed by atoms with Gasteiger partial charge >= 0.3 is 0 Å². The Kier molecular flexibility index (Phi) is 5.21. The van der Waals surface area contributed by atoms with Gasteiger partial charge in [-0.3, -0.25) is 20.4 Å². The molecular formula is C16H15FN2O3. The first-order valence-electron chi connectivity index (χ1n) is 6.55. The number of methoxy groups -OCH3 is 1. The van der Waals surface area contributed by atoms with Gasteiger partial charge in [-0.25, -0.2) is 4.39 Å². The number of rotatable bonds is 4. The first-order valence-corrected chi connectivity index (χ1v) is 6.55. The average Bonchev–Trinajstić information content (AvgIpc) is 2.55. The molecule has 1 atom stereocenters. The van der Waals surface area contributed by atoms with Crippen LogP contribution in [0.4, 0.5) is 4.39 Å². The first-order chi connectivity index (χ1) is 10.6. The number of nitrogens with one attached hydrogen (secondary N) is 2. The van der Waals surface area contributed by atoms with Gasteiger partial charge in [0.25, 0.3) is 11.8 Å². The van der Waals surface area contributed by atoms with Gasteiger partial charge in [0, 0.05) is 12.7 Å². The van der Waals surface area contributed by atoms with Gasteiger partial charge in [0.2, 0.25) is 0 Å². The molecule has 2 amide bonds. The van der Waals surface area contributed by atoms with Crippen molar-refractivity contribution in [3.8, 4) is 0 Å². The molecule has 2 aromatic carbocycles. The third-order valence-electron chi connectivity index (χ3n) is 2.98. The number of halogens is 1. The van der Waals surface area contributed by atoms with Crippen molar-refractivity contribution in [3.63, 3.8) is 0 Å². The van der Waals surface area contributed by atoms with Gasteiger partial charge in [-0.05, 0) is 29.8 Å². The molecule has 0 radical (unpaired) electrons. The van der Waals surface area contributed by atoms with Crippen LogP contribution in [0.1, 0.15) is 22.0 Å². The maximum atomic E-state index is 12.8. The highest BCUT2D eigenvalue weighted by atomic mass is 19.1. The van der Waals surface area contributed by atoms with Crippen LogP contribution in [-0.2, 0) is 9.53 Å². The van der Waals surface area contributed by atoms with Crippen molar-refractivity contribution in [1.29, 1.82) is 0 Å². The molecule has 6 heteroatoms. The molecule has 0 saturated heterocycles. The second-order valence-electron chi connectivity index (χ2n) is 4.48. The zero-order valence-electron chi connectivity index (χ0n) is 11.9. The summed E-state index contributed by atoms with van der Waals surface area (Å²) in [4.78, 5) is 23.9. The summed E-state index contributed by atoms with van der Waals surface area (Å²) >= 11 is 0. The fourth-order valence-electron chi connectivity index (χ4n) is 1.88. The van der Waals surface area contributed by atoms with Crippen LogP contribution in [0.2, 0.25) is 0 Å². The third-order valence-corrected chi connectivity index (χ3v) is 2.98. The topological polar surface area (TPSA) is 67.4 Å². The third kappa shape index (κ3) is 3.89. The van der Waals surface area contributed by atoms with Crippen LogP contribution >= 0.6 is 0 Å². The predicted molar refractivity (Wildman–Crippen MR) is 78.2 cm³/mol. The zero-order chi connectivity index (χ0) is 15.9. The molecule has 22 heavy (non-hydrogen) atoms. The number of hydrogen-bond acceptors (Lipinski definition) is 3. The molecular weight excluding hydrogens is 287 g/mol. The van der Waals surface area contributed by atoms with Crippen LogP contribution in [0.3, 0.4) is 0 Å². The molecule has 2 rings (SSSR count). The van der Waals surface area contributed by atoms with Gasteiger partial charge in [-0.2, -0.15) is 0 Å². The maximum absolute atomic E-state index is 12.8. The molecule has 0 spiro atoms. The number of amides is 2. The standard InChI is InChI=1S/C16H15FN2O3/c1-22-14(11-5-3-2-4-6-11)16(21)19-18-15(20)12-7-9-13(17)10-8-12/h2-10,14H,1H3,(H,18,20)(H,19,21). The predicted octanol–water partition coefficient (Wildman–Crippen LogP) is 1.97. The molecule has 0 saturated carbocycles. The smallest absolute Gasteiger partial charge is 0.272 e. The minimum Gasteiger partial charge on any atom is -0.367 e. The van der Waals surface area contributed by atoms with Crippen molar-refractivity contribution in [1.82, 2.24) is 10.9 Å². The van der Waals surface area contributed by atoms with E-state index >= 15 is 0 Å². The van der Waals surface area contributed by atoms with Crippen molar-refractivity contribution < 1.29 is 18.7 Å². The first kappa shape index (κ1) is 15.7. The summed E-state index contributed by atoms with van der Waals surface area (Å²) in [6.45, 7) is 0. The van der Waals surface area contributed by atoms with Gasteiger partial charge < -0.3 is 4.74 Å². The molecule has 0 bridgehead atoms. The van der Waals surface area contributed by atoms with Crippen molar-refractivity contribution in [2.45, 2.75) is 6.10 Å². The number of carbonyl (C=O) groups is 2. The van der Waals surface area contributed by atoms with Gasteiger partial charge in [-0.1, -0.05) is 30.3 Å². The fraction of sp³-hybridized carbons (Fsp3) is 0.125. The van der Waals surface area contributed by atoms with E-state index in [1.165, 1.54) is 31.4 Å². The number of hydrogen-bond donors (Lipinski definition) is 2. The Hall–Kier alpha value is -2.73. The zero-order valence-corrected chi connectivity index (χ0v) is 11.9. The van der Waals surface area contributed by atoms with E-state index in [9.17, 15) is 14.0 Å². The molecule has 5 nitrogen and oxygen atoms in total.